The number of carbonyl (C=O) groups is 3. The third kappa shape index (κ3) is 35.2. The van der Waals surface area contributed by atoms with Crippen LogP contribution in [0.4, 0.5) is 0 Å². The number of para-hydroxylation sites is 2. The van der Waals surface area contributed by atoms with Crippen LogP contribution in [0.1, 0.15) is 208 Å². The maximum Gasteiger partial charge on any atom is 0.588 e. The Labute approximate surface area is 537 Å². The van der Waals surface area contributed by atoms with Gasteiger partial charge in [0.25, 0.3) is 0 Å². The van der Waals surface area contributed by atoms with E-state index in [1.54, 1.807) is 48.5 Å². The Morgan fingerprint density at radius 3 is 1.57 bits per heavy atom. The van der Waals surface area contributed by atoms with E-state index in [9.17, 15) is 4.79 Å². The maximum atomic E-state index is 15.8. The first-order valence-electron chi connectivity index (χ1n) is 34.3. The van der Waals surface area contributed by atoms with Crippen LogP contribution in [0.3, 0.4) is 0 Å². The van der Waals surface area contributed by atoms with E-state index in [-0.39, 0.29) is 61.8 Å². The first-order valence-corrected chi connectivity index (χ1v) is 46.1. The van der Waals surface area contributed by atoms with Crippen molar-refractivity contribution in [2.45, 2.75) is 321 Å². The summed E-state index contributed by atoms with van der Waals surface area (Å²) in [5.74, 6) is -1.08. The molecule has 506 valence electrons. The molecular formula is C69H124NO14PSi3. The van der Waals surface area contributed by atoms with Gasteiger partial charge in [-0.2, -0.15) is 0 Å². The lowest BCUT2D eigenvalue weighted by Gasteiger charge is -2.47. The third-order valence-corrected chi connectivity index (χ3v) is 26.0. The molecule has 0 spiro atoms. The van der Waals surface area contributed by atoms with Crippen LogP contribution in [-0.2, 0) is 56.3 Å². The minimum atomic E-state index is -4.81. The van der Waals surface area contributed by atoms with Crippen LogP contribution in [-0.4, -0.2) is 112 Å². The van der Waals surface area contributed by atoms with E-state index in [0.29, 0.717) is 25.9 Å². The van der Waals surface area contributed by atoms with Gasteiger partial charge in [0.15, 0.2) is 20.7 Å². The van der Waals surface area contributed by atoms with E-state index >= 15 is 14.2 Å². The molecular weight excluding hydrogens is 1180 g/mol. The van der Waals surface area contributed by atoms with Crippen molar-refractivity contribution in [1.82, 2.24) is 5.32 Å². The molecule has 7 atom stereocenters. The first-order chi connectivity index (χ1) is 41.8. The van der Waals surface area contributed by atoms with Gasteiger partial charge in [-0.15, -0.1) is 0 Å². The number of phosphoric ester groups is 1. The van der Waals surface area contributed by atoms with E-state index in [1.807, 2.05) is 12.1 Å². The van der Waals surface area contributed by atoms with Crippen molar-refractivity contribution in [3.63, 3.8) is 0 Å². The first kappa shape index (κ1) is 79.3. The molecule has 15 nitrogen and oxygen atoms in total. The van der Waals surface area contributed by atoms with Crippen LogP contribution >= 0.6 is 7.82 Å². The minimum Gasteiger partial charge on any atom is -0.462 e. The van der Waals surface area contributed by atoms with Crippen molar-refractivity contribution in [3.8, 4) is 11.5 Å². The summed E-state index contributed by atoms with van der Waals surface area (Å²) in [6.07, 6.45) is 17.0. The summed E-state index contributed by atoms with van der Waals surface area (Å²) in [5.41, 5.74) is 0. The smallest absolute Gasteiger partial charge is 0.462 e. The number of hydrogen-bond donors (Lipinski definition) is 1. The van der Waals surface area contributed by atoms with Crippen molar-refractivity contribution in [1.29, 1.82) is 0 Å². The van der Waals surface area contributed by atoms with Crippen LogP contribution < -0.4 is 14.4 Å². The average Bonchev–Trinajstić information content (AvgIpc) is 1.19. The fraction of sp³-hybridized carbons (Fsp3) is 0.783. The monoisotopic (exact) mass is 1310 g/mol. The Hall–Kier alpha value is -2.91. The number of ether oxygens (including phenoxy) is 6. The molecule has 1 amide bonds. The molecule has 1 heterocycles. The van der Waals surface area contributed by atoms with Gasteiger partial charge in [-0.3, -0.25) is 18.9 Å². The molecule has 0 saturated carbocycles. The molecule has 2 unspecified atom stereocenters. The van der Waals surface area contributed by atoms with Crippen molar-refractivity contribution in [2.75, 3.05) is 26.6 Å². The fourth-order valence-corrected chi connectivity index (χ4v) is 14.0. The largest absolute Gasteiger partial charge is 0.588 e. The summed E-state index contributed by atoms with van der Waals surface area (Å²) in [6.45, 7) is 31.7. The van der Waals surface area contributed by atoms with Crippen LogP contribution in [0.15, 0.2) is 60.7 Å². The molecule has 0 aromatic heterocycles. The quantitative estimate of drug-likeness (QED) is 0.0218. The van der Waals surface area contributed by atoms with Crippen LogP contribution in [0.5, 0.6) is 11.5 Å². The van der Waals surface area contributed by atoms with E-state index in [1.165, 1.54) is 57.8 Å². The summed E-state index contributed by atoms with van der Waals surface area (Å²) in [7, 11) is -10.5. The Morgan fingerprint density at radius 1 is 0.591 bits per heavy atom. The second-order valence-electron chi connectivity index (χ2n) is 28.5. The fourth-order valence-electron chi connectivity index (χ4n) is 10.0. The molecule has 0 bridgehead atoms. The zero-order valence-electron chi connectivity index (χ0n) is 57.6. The van der Waals surface area contributed by atoms with Gasteiger partial charge >= 0.3 is 19.8 Å². The topological polar surface area (TPSA) is 173 Å². The Kier molecular flexibility index (Phi) is 38.8. The second kappa shape index (κ2) is 43.1. The summed E-state index contributed by atoms with van der Waals surface area (Å²) in [6, 6.07) is 17.7. The number of phosphoric acid groups is 1. The standard InChI is InChI=1S/C69H124NO14PSi3/c1-15-18-21-24-26-27-29-31-35-46-59(77-56-75-49-51-86(7,8)9)53-62(71)70-65-67(81-64(73)54-60(47-36-30-23-20-17-3)79-63(72)48-41-32-28-25-22-19-16-2)66(84-85(74,82-57-42-37-33-38-43-57)83-58-44-39-34-40-45-58)61(55-78-88(13,14)69(4,5)6)80-68(65)76-50-52-87(10,11)12/h33-34,37-40,42-45,59-61,65-68H,15-32,35-36,41,46-56H2,1-14H3,(H,70,71)/t59?,60?,61-,65-,66-,67-,68-/m1/s1. The molecule has 0 radical (unpaired) electrons. The summed E-state index contributed by atoms with van der Waals surface area (Å²) in [4.78, 5) is 44.0. The van der Waals surface area contributed by atoms with Crippen LogP contribution in [0.25, 0.3) is 0 Å². The van der Waals surface area contributed by atoms with Crippen LogP contribution in [0, 0.1) is 0 Å². The Morgan fingerprint density at radius 2 is 1.07 bits per heavy atom. The highest BCUT2D eigenvalue weighted by Gasteiger charge is 2.55. The van der Waals surface area contributed by atoms with Gasteiger partial charge in [0.1, 0.15) is 42.6 Å². The normalized spacial score (nSPS) is 18.4. The second-order valence-corrected chi connectivity index (χ2v) is 46.0. The lowest BCUT2D eigenvalue weighted by molar-refractivity contribution is -0.269. The molecule has 19 heteroatoms. The highest BCUT2D eigenvalue weighted by molar-refractivity contribution is 7.49. The number of carbonyl (C=O) groups excluding carboxylic acids is 3. The molecule has 1 aliphatic rings. The number of esters is 2. The number of rotatable bonds is 50. The van der Waals surface area contributed by atoms with Crippen molar-refractivity contribution in [2.24, 2.45) is 0 Å². The molecule has 1 N–H and O–H groups in total. The van der Waals surface area contributed by atoms with Crippen molar-refractivity contribution < 1.29 is 65.4 Å². The van der Waals surface area contributed by atoms with Crippen molar-refractivity contribution >= 4 is 50.1 Å². The zero-order valence-corrected chi connectivity index (χ0v) is 61.5. The van der Waals surface area contributed by atoms with E-state index in [2.05, 4.69) is 99.2 Å². The van der Waals surface area contributed by atoms with Gasteiger partial charge in [0, 0.05) is 35.8 Å². The summed E-state index contributed by atoms with van der Waals surface area (Å²) in [5, 5.41) is 3.00. The van der Waals surface area contributed by atoms with E-state index < -0.39 is 87.0 Å². The zero-order chi connectivity index (χ0) is 64.9. The number of amides is 1. The summed E-state index contributed by atoms with van der Waals surface area (Å²) >= 11 is 0. The van der Waals surface area contributed by atoms with Gasteiger partial charge in [-0.25, -0.2) is 4.57 Å². The Balaban J connectivity index is 2.23. The maximum absolute atomic E-state index is 15.8. The summed E-state index contributed by atoms with van der Waals surface area (Å²) < 4.78 is 81.5. The number of unbranched alkanes of at least 4 members (excludes halogenated alkanes) is 18. The molecule has 2 aromatic rings. The van der Waals surface area contributed by atoms with E-state index in [4.69, 9.17) is 46.4 Å². The number of hydrogen-bond acceptors (Lipinski definition) is 14. The van der Waals surface area contributed by atoms with Crippen molar-refractivity contribution in [3.05, 3.63) is 60.7 Å². The van der Waals surface area contributed by atoms with Gasteiger partial charge in [-0.05, 0) is 80.2 Å². The van der Waals surface area contributed by atoms with Gasteiger partial charge in [0.2, 0.25) is 5.91 Å². The molecule has 0 aliphatic carbocycles. The average molecular weight is 1310 g/mol. The molecule has 1 saturated heterocycles. The highest BCUT2D eigenvalue weighted by atomic mass is 31.2. The number of benzene rings is 2. The third-order valence-electron chi connectivity index (χ3n) is 16.7. The molecule has 2 aromatic carbocycles. The molecule has 88 heavy (non-hydrogen) atoms. The molecule has 1 aliphatic heterocycles. The minimum absolute atomic E-state index is 0.0435. The lowest BCUT2D eigenvalue weighted by atomic mass is 9.96. The Bertz CT molecular complexity index is 2170. The van der Waals surface area contributed by atoms with Gasteiger partial charge < -0.3 is 47.2 Å². The van der Waals surface area contributed by atoms with Crippen LogP contribution in [0.2, 0.25) is 69.5 Å². The number of nitrogens with one attached hydrogen (secondary N) is 1. The van der Waals surface area contributed by atoms with Gasteiger partial charge in [0.05, 0.1) is 25.6 Å². The van der Waals surface area contributed by atoms with Gasteiger partial charge in [-0.1, -0.05) is 239 Å². The highest BCUT2D eigenvalue weighted by Crippen LogP contribution is 2.53. The predicted molar refractivity (Wildman–Crippen MR) is 365 cm³/mol. The van der Waals surface area contributed by atoms with E-state index in [0.717, 1.165) is 82.7 Å². The lowest BCUT2D eigenvalue weighted by Crippen LogP contribution is -2.67. The SMILES string of the molecule is CCCCCCCCCCCC(CC(=O)N[C@H]1[C@H](OCC[Si](C)(C)C)O[C@H](CO[Si](C)(C)C(C)(C)C)[C@@H](OP(=O)(Oc2ccccc2)Oc2ccccc2)[C@@H]1OC(=O)CC(CCCCCCC)OC(=O)CCCCCCCCC)OCOCC[Si](C)(C)C. The molecule has 1 fully saturated rings. The molecule has 3 rings (SSSR count). The predicted octanol–water partition coefficient (Wildman–Crippen LogP) is 18.9.